The molecule has 0 amide bonds. The van der Waals surface area contributed by atoms with Gasteiger partial charge in [0, 0.05) is 25.8 Å². The van der Waals surface area contributed by atoms with E-state index in [4.69, 9.17) is 0 Å². The second-order valence-corrected chi connectivity index (χ2v) is 4.18. The van der Waals surface area contributed by atoms with E-state index in [-0.39, 0.29) is 0 Å². The van der Waals surface area contributed by atoms with Gasteiger partial charge in [-0.2, -0.15) is 5.10 Å². The fourth-order valence-corrected chi connectivity index (χ4v) is 1.84. The second-order valence-electron chi connectivity index (χ2n) is 4.18. The molecule has 90 valence electrons. The van der Waals surface area contributed by atoms with E-state index in [0.717, 1.165) is 13.0 Å². The molecule has 0 saturated heterocycles. The zero-order valence-electron chi connectivity index (χ0n) is 10.4. The van der Waals surface area contributed by atoms with Gasteiger partial charge < -0.3 is 5.32 Å². The average Bonchev–Trinajstić information content (AvgIpc) is 2.68. The third-order valence-corrected chi connectivity index (χ3v) is 2.85. The minimum atomic E-state index is 0.595. The highest BCUT2D eigenvalue weighted by atomic mass is 15.3. The lowest BCUT2D eigenvalue weighted by molar-refractivity contribution is 0.442. The number of aromatic nitrogens is 2. The Kier molecular flexibility index (Phi) is 5.86. The minimum absolute atomic E-state index is 0.595. The summed E-state index contributed by atoms with van der Waals surface area (Å²) >= 11 is 0. The number of hydrogen-bond donors (Lipinski definition) is 1. The lowest BCUT2D eigenvalue weighted by Crippen LogP contribution is -2.29. The van der Waals surface area contributed by atoms with Gasteiger partial charge in [0.2, 0.25) is 0 Å². The van der Waals surface area contributed by atoms with Crippen molar-refractivity contribution >= 4 is 0 Å². The van der Waals surface area contributed by atoms with Gasteiger partial charge in [-0.3, -0.25) is 4.68 Å². The van der Waals surface area contributed by atoms with Crippen LogP contribution in [-0.4, -0.2) is 15.8 Å². The first kappa shape index (κ1) is 13.0. The van der Waals surface area contributed by atoms with Gasteiger partial charge in [0.1, 0.15) is 0 Å². The maximum atomic E-state index is 4.16. The summed E-state index contributed by atoms with van der Waals surface area (Å²) in [5.41, 5.74) is 1.24. The van der Waals surface area contributed by atoms with Gasteiger partial charge in [-0.25, -0.2) is 0 Å². The molecule has 1 atom stereocenters. The molecule has 16 heavy (non-hydrogen) atoms. The number of nitrogens with one attached hydrogen (secondary N) is 1. The Bertz CT molecular complexity index is 304. The van der Waals surface area contributed by atoms with Crippen LogP contribution in [0.2, 0.25) is 0 Å². The van der Waals surface area contributed by atoms with Crippen LogP contribution in [0.5, 0.6) is 0 Å². The Morgan fingerprint density at radius 1 is 1.56 bits per heavy atom. The highest BCUT2D eigenvalue weighted by Gasteiger charge is 2.07. The molecule has 0 bridgehead atoms. The predicted molar refractivity (Wildman–Crippen MR) is 68.2 cm³/mol. The molecule has 1 aromatic rings. The van der Waals surface area contributed by atoms with Crippen molar-refractivity contribution in [2.24, 2.45) is 7.05 Å². The number of nitrogens with zero attached hydrogens (tertiary/aromatic N) is 2. The summed E-state index contributed by atoms with van der Waals surface area (Å²) in [5, 5.41) is 7.75. The Balaban J connectivity index is 2.36. The molecule has 0 aromatic carbocycles. The minimum Gasteiger partial charge on any atom is -0.308 e. The first-order valence-electron chi connectivity index (χ1n) is 6.09. The summed E-state index contributed by atoms with van der Waals surface area (Å²) in [4.78, 5) is 0. The molecule has 1 heterocycles. The molecule has 1 aromatic heterocycles. The van der Waals surface area contributed by atoms with E-state index in [1.807, 2.05) is 24.0 Å². The molecule has 1 unspecified atom stereocenters. The van der Waals surface area contributed by atoms with E-state index in [0.29, 0.717) is 6.04 Å². The molecule has 0 fully saturated rings. The normalized spacial score (nSPS) is 12.6. The van der Waals surface area contributed by atoms with Crippen LogP contribution in [0.25, 0.3) is 0 Å². The van der Waals surface area contributed by atoms with Crippen LogP contribution in [0.3, 0.4) is 0 Å². The lowest BCUT2D eigenvalue weighted by atomic mass is 10.1. The fraction of sp³-hybridized carbons (Fsp3) is 0.615. The summed E-state index contributed by atoms with van der Waals surface area (Å²) < 4.78 is 1.92. The molecule has 0 saturated carbocycles. The maximum absolute atomic E-state index is 4.16. The maximum Gasteiger partial charge on any atom is 0.0518 e. The monoisotopic (exact) mass is 221 g/mol. The van der Waals surface area contributed by atoms with E-state index >= 15 is 0 Å². The third kappa shape index (κ3) is 4.19. The van der Waals surface area contributed by atoms with E-state index < -0.39 is 0 Å². The molecular weight excluding hydrogens is 198 g/mol. The van der Waals surface area contributed by atoms with Gasteiger partial charge in [0.05, 0.1) is 5.69 Å². The standard InChI is InChI=1S/C13H23N3/c1-4-6-8-12(7-5-2)14-11-13-9-10-15-16(13)3/h4,9-10,12,14H,1,5-8,11H2,2-3H3. The van der Waals surface area contributed by atoms with E-state index in [1.54, 1.807) is 0 Å². The quantitative estimate of drug-likeness (QED) is 0.684. The Morgan fingerprint density at radius 3 is 2.94 bits per heavy atom. The Morgan fingerprint density at radius 2 is 2.38 bits per heavy atom. The smallest absolute Gasteiger partial charge is 0.0518 e. The molecule has 0 radical (unpaired) electrons. The summed E-state index contributed by atoms with van der Waals surface area (Å²) in [6, 6.07) is 2.65. The summed E-state index contributed by atoms with van der Waals surface area (Å²) in [6.45, 7) is 6.90. The van der Waals surface area contributed by atoms with E-state index in [1.165, 1.54) is 25.0 Å². The zero-order chi connectivity index (χ0) is 11.8. The largest absolute Gasteiger partial charge is 0.308 e. The van der Waals surface area contributed by atoms with Crippen molar-refractivity contribution in [1.29, 1.82) is 0 Å². The average molecular weight is 221 g/mol. The number of hydrogen-bond acceptors (Lipinski definition) is 2. The topological polar surface area (TPSA) is 29.9 Å². The van der Waals surface area contributed by atoms with Crippen molar-refractivity contribution in [2.75, 3.05) is 0 Å². The SMILES string of the molecule is C=CCCC(CCC)NCc1ccnn1C. The highest BCUT2D eigenvalue weighted by Crippen LogP contribution is 2.06. The third-order valence-electron chi connectivity index (χ3n) is 2.85. The molecule has 3 nitrogen and oxygen atoms in total. The van der Waals surface area contributed by atoms with Gasteiger partial charge >= 0.3 is 0 Å². The first-order valence-corrected chi connectivity index (χ1v) is 6.09. The second kappa shape index (κ2) is 7.23. The molecular formula is C13H23N3. The molecule has 1 rings (SSSR count). The van der Waals surface area contributed by atoms with Crippen LogP contribution in [0.4, 0.5) is 0 Å². The lowest BCUT2D eigenvalue weighted by Gasteiger charge is -2.17. The molecule has 1 N–H and O–H groups in total. The van der Waals surface area contributed by atoms with Gasteiger partial charge in [0.25, 0.3) is 0 Å². The van der Waals surface area contributed by atoms with E-state index in [2.05, 4.69) is 30.0 Å². The van der Waals surface area contributed by atoms with Crippen LogP contribution in [0.1, 0.15) is 38.3 Å². The van der Waals surface area contributed by atoms with E-state index in [9.17, 15) is 0 Å². The molecule has 0 aliphatic rings. The molecule has 3 heteroatoms. The summed E-state index contributed by atoms with van der Waals surface area (Å²) in [7, 11) is 1.98. The zero-order valence-corrected chi connectivity index (χ0v) is 10.4. The van der Waals surface area contributed by atoms with Crippen LogP contribution in [0.15, 0.2) is 24.9 Å². The Hall–Kier alpha value is -1.09. The van der Waals surface area contributed by atoms with Gasteiger partial charge in [-0.15, -0.1) is 6.58 Å². The van der Waals surface area contributed by atoms with Crippen molar-refractivity contribution in [3.05, 3.63) is 30.6 Å². The van der Waals surface area contributed by atoms with Crippen LogP contribution < -0.4 is 5.32 Å². The predicted octanol–water partition coefficient (Wildman–Crippen LogP) is 2.64. The van der Waals surface area contributed by atoms with Gasteiger partial charge in [0.15, 0.2) is 0 Å². The van der Waals surface area contributed by atoms with Crippen LogP contribution in [0, 0.1) is 0 Å². The fourth-order valence-electron chi connectivity index (χ4n) is 1.84. The Labute approximate surface area is 98.5 Å². The molecule has 0 aliphatic carbocycles. The van der Waals surface area contributed by atoms with Crippen molar-refractivity contribution in [1.82, 2.24) is 15.1 Å². The van der Waals surface area contributed by atoms with Gasteiger partial charge in [-0.05, 0) is 25.3 Å². The summed E-state index contributed by atoms with van der Waals surface area (Å²) in [6.07, 6.45) is 8.55. The summed E-state index contributed by atoms with van der Waals surface area (Å²) in [5.74, 6) is 0. The van der Waals surface area contributed by atoms with Crippen molar-refractivity contribution < 1.29 is 0 Å². The molecule has 0 aliphatic heterocycles. The number of rotatable bonds is 8. The van der Waals surface area contributed by atoms with Crippen molar-refractivity contribution in [3.63, 3.8) is 0 Å². The van der Waals surface area contributed by atoms with Crippen LogP contribution in [-0.2, 0) is 13.6 Å². The first-order chi connectivity index (χ1) is 7.77. The molecule has 0 spiro atoms. The van der Waals surface area contributed by atoms with Crippen molar-refractivity contribution in [3.8, 4) is 0 Å². The van der Waals surface area contributed by atoms with Crippen LogP contribution >= 0.6 is 0 Å². The van der Waals surface area contributed by atoms with Crippen molar-refractivity contribution in [2.45, 2.75) is 45.2 Å². The number of allylic oxidation sites excluding steroid dienone is 1. The number of aryl methyl sites for hydroxylation is 1. The highest BCUT2D eigenvalue weighted by molar-refractivity contribution is 4.99. The van der Waals surface area contributed by atoms with Gasteiger partial charge in [-0.1, -0.05) is 19.4 Å².